The highest BCUT2D eigenvalue weighted by atomic mass is 16.5. The van der Waals surface area contributed by atoms with E-state index in [0.29, 0.717) is 5.95 Å². The lowest BCUT2D eigenvalue weighted by atomic mass is 10.2. The molecule has 0 bridgehead atoms. The molecule has 0 spiro atoms. The third-order valence-corrected chi connectivity index (χ3v) is 3.65. The Bertz CT molecular complexity index is 598. The van der Waals surface area contributed by atoms with Gasteiger partial charge in [-0.2, -0.15) is 0 Å². The van der Waals surface area contributed by atoms with Crippen LogP contribution in [0, 0.1) is 6.92 Å². The second-order valence-electron chi connectivity index (χ2n) is 5.36. The molecule has 0 amide bonds. The van der Waals surface area contributed by atoms with E-state index in [0.717, 1.165) is 56.8 Å². The summed E-state index contributed by atoms with van der Waals surface area (Å²) in [4.78, 5) is 6.91. The molecule has 6 heteroatoms. The van der Waals surface area contributed by atoms with Crippen molar-refractivity contribution >= 4 is 17.0 Å². The molecule has 0 saturated carbocycles. The van der Waals surface area contributed by atoms with Crippen LogP contribution >= 0.6 is 0 Å². The van der Waals surface area contributed by atoms with Crippen molar-refractivity contribution in [2.45, 2.75) is 13.3 Å². The van der Waals surface area contributed by atoms with Crippen molar-refractivity contribution in [2.75, 3.05) is 44.7 Å². The number of fused-ring (bicyclic) bond motifs is 1. The van der Waals surface area contributed by atoms with Gasteiger partial charge in [0.25, 0.3) is 0 Å². The number of nitrogens with one attached hydrogen (secondary N) is 1. The number of rotatable bonds is 5. The molecule has 2 aromatic rings. The number of hydrogen-bond donors (Lipinski definition) is 1. The fraction of sp³-hybridized carbons (Fsp3) is 0.533. The summed E-state index contributed by atoms with van der Waals surface area (Å²) in [6, 6.07) is 6.02. The van der Waals surface area contributed by atoms with E-state index >= 15 is 0 Å². The molecule has 1 fully saturated rings. The minimum atomic E-state index is 0.605. The maximum atomic E-state index is 5.34. The summed E-state index contributed by atoms with van der Waals surface area (Å²) in [5, 5.41) is 11.6. The van der Waals surface area contributed by atoms with E-state index in [1.165, 1.54) is 5.56 Å². The maximum Gasteiger partial charge on any atom is 0.243 e. The van der Waals surface area contributed by atoms with Gasteiger partial charge in [-0.25, -0.2) is 4.98 Å². The molecule has 3 rings (SSSR count). The van der Waals surface area contributed by atoms with Crippen molar-refractivity contribution in [3.63, 3.8) is 0 Å². The van der Waals surface area contributed by atoms with Crippen molar-refractivity contribution in [3.05, 3.63) is 23.8 Å². The van der Waals surface area contributed by atoms with Crippen LogP contribution in [0.3, 0.4) is 0 Å². The van der Waals surface area contributed by atoms with Gasteiger partial charge < -0.3 is 10.1 Å². The summed E-state index contributed by atoms with van der Waals surface area (Å²) in [6.45, 7) is 7.75. The van der Waals surface area contributed by atoms with Gasteiger partial charge in [-0.1, -0.05) is 6.07 Å². The zero-order valence-electron chi connectivity index (χ0n) is 12.4. The van der Waals surface area contributed by atoms with Gasteiger partial charge >= 0.3 is 0 Å². The van der Waals surface area contributed by atoms with Gasteiger partial charge in [0.2, 0.25) is 5.95 Å². The Morgan fingerprint density at radius 1 is 1.19 bits per heavy atom. The van der Waals surface area contributed by atoms with Crippen LogP contribution in [0.25, 0.3) is 11.0 Å². The summed E-state index contributed by atoms with van der Waals surface area (Å²) in [5.74, 6) is 0.605. The molecule has 0 unspecified atom stereocenters. The second-order valence-corrected chi connectivity index (χ2v) is 5.36. The average Bonchev–Trinajstić information content (AvgIpc) is 2.52. The van der Waals surface area contributed by atoms with Crippen LogP contribution in [0.4, 0.5) is 5.95 Å². The molecule has 0 atom stereocenters. The van der Waals surface area contributed by atoms with Gasteiger partial charge in [0, 0.05) is 19.6 Å². The molecule has 6 nitrogen and oxygen atoms in total. The van der Waals surface area contributed by atoms with Crippen molar-refractivity contribution < 1.29 is 4.74 Å². The van der Waals surface area contributed by atoms with Crippen LogP contribution in [0.5, 0.6) is 0 Å². The zero-order chi connectivity index (χ0) is 14.5. The Morgan fingerprint density at radius 3 is 2.90 bits per heavy atom. The molecule has 1 aliphatic heterocycles. The number of benzene rings is 1. The largest absolute Gasteiger partial charge is 0.379 e. The van der Waals surface area contributed by atoms with E-state index in [1.54, 1.807) is 0 Å². The molecule has 112 valence electrons. The van der Waals surface area contributed by atoms with Crippen LogP contribution in [-0.2, 0) is 4.74 Å². The van der Waals surface area contributed by atoms with Crippen LogP contribution in [0.15, 0.2) is 18.2 Å². The lowest BCUT2D eigenvalue weighted by molar-refractivity contribution is 0.0378. The lowest BCUT2D eigenvalue weighted by Gasteiger charge is -2.26. The Labute approximate surface area is 124 Å². The Morgan fingerprint density at radius 2 is 2.05 bits per heavy atom. The number of morpholine rings is 1. The molecule has 0 radical (unpaired) electrons. The van der Waals surface area contributed by atoms with Gasteiger partial charge in [-0.3, -0.25) is 4.90 Å². The number of aromatic nitrogens is 3. The molecule has 1 N–H and O–H groups in total. The third kappa shape index (κ3) is 3.86. The fourth-order valence-corrected chi connectivity index (χ4v) is 2.45. The van der Waals surface area contributed by atoms with Crippen molar-refractivity contribution in [3.8, 4) is 0 Å². The number of anilines is 1. The van der Waals surface area contributed by atoms with Crippen molar-refractivity contribution in [1.29, 1.82) is 0 Å². The normalized spacial score (nSPS) is 16.2. The number of nitrogens with zero attached hydrogens (tertiary/aromatic N) is 4. The summed E-state index contributed by atoms with van der Waals surface area (Å²) in [6.07, 6.45) is 1.06. The quantitative estimate of drug-likeness (QED) is 0.840. The first-order chi connectivity index (χ1) is 10.3. The minimum absolute atomic E-state index is 0.605. The average molecular weight is 287 g/mol. The first-order valence-corrected chi connectivity index (χ1v) is 7.46. The molecule has 1 aliphatic rings. The minimum Gasteiger partial charge on any atom is -0.379 e. The smallest absolute Gasteiger partial charge is 0.243 e. The predicted molar refractivity (Wildman–Crippen MR) is 82.4 cm³/mol. The van der Waals surface area contributed by atoms with E-state index in [4.69, 9.17) is 4.74 Å². The number of hydrogen-bond acceptors (Lipinski definition) is 6. The predicted octanol–water partition coefficient (Wildman–Crippen LogP) is 1.47. The van der Waals surface area contributed by atoms with Crippen molar-refractivity contribution in [2.24, 2.45) is 0 Å². The Hall–Kier alpha value is -1.79. The third-order valence-electron chi connectivity index (χ3n) is 3.65. The SMILES string of the molecule is Cc1ccc2nc(NCCCN3CCOCC3)nnc2c1. The van der Waals surface area contributed by atoms with E-state index in [-0.39, 0.29) is 0 Å². The molecule has 2 heterocycles. The van der Waals surface area contributed by atoms with Crippen LogP contribution in [0.2, 0.25) is 0 Å². The highest BCUT2D eigenvalue weighted by Gasteiger charge is 2.09. The highest BCUT2D eigenvalue weighted by Crippen LogP contribution is 2.11. The van der Waals surface area contributed by atoms with E-state index < -0.39 is 0 Å². The maximum absolute atomic E-state index is 5.34. The van der Waals surface area contributed by atoms with E-state index in [2.05, 4.69) is 25.4 Å². The molecule has 1 aromatic carbocycles. The van der Waals surface area contributed by atoms with Gasteiger partial charge in [0.05, 0.1) is 18.7 Å². The van der Waals surface area contributed by atoms with E-state index in [1.807, 2.05) is 25.1 Å². The molecule has 1 aromatic heterocycles. The topological polar surface area (TPSA) is 63.2 Å². The van der Waals surface area contributed by atoms with Crippen LogP contribution in [0.1, 0.15) is 12.0 Å². The highest BCUT2D eigenvalue weighted by molar-refractivity contribution is 5.75. The summed E-state index contributed by atoms with van der Waals surface area (Å²) in [7, 11) is 0. The van der Waals surface area contributed by atoms with Gasteiger partial charge in [0.15, 0.2) is 0 Å². The second kappa shape index (κ2) is 6.78. The first-order valence-electron chi connectivity index (χ1n) is 7.46. The van der Waals surface area contributed by atoms with E-state index in [9.17, 15) is 0 Å². The molecule has 1 saturated heterocycles. The fourth-order valence-electron chi connectivity index (χ4n) is 2.45. The monoisotopic (exact) mass is 287 g/mol. The zero-order valence-corrected chi connectivity index (χ0v) is 12.4. The molecular formula is C15H21N5O. The van der Waals surface area contributed by atoms with Crippen LogP contribution in [-0.4, -0.2) is 59.5 Å². The lowest BCUT2D eigenvalue weighted by Crippen LogP contribution is -2.37. The number of ether oxygens (including phenoxy) is 1. The summed E-state index contributed by atoms with van der Waals surface area (Å²) >= 11 is 0. The van der Waals surface area contributed by atoms with Gasteiger partial charge in [-0.15, -0.1) is 10.2 Å². The molecule has 21 heavy (non-hydrogen) atoms. The van der Waals surface area contributed by atoms with Gasteiger partial charge in [0.1, 0.15) is 5.52 Å². The van der Waals surface area contributed by atoms with Crippen molar-refractivity contribution in [1.82, 2.24) is 20.1 Å². The standard InChI is InChI=1S/C15H21N5O/c1-12-3-4-13-14(11-12)18-19-15(17-13)16-5-2-6-20-7-9-21-10-8-20/h3-4,11H,2,5-10H2,1H3,(H,16,17,19). The molecule has 0 aliphatic carbocycles. The number of aryl methyl sites for hydroxylation is 1. The Kier molecular flexibility index (Phi) is 4.57. The van der Waals surface area contributed by atoms with Crippen LogP contribution < -0.4 is 5.32 Å². The Balaban J connectivity index is 1.49. The summed E-state index contributed by atoms with van der Waals surface area (Å²) in [5.41, 5.74) is 2.89. The first kappa shape index (κ1) is 14.2. The molecular weight excluding hydrogens is 266 g/mol. The summed E-state index contributed by atoms with van der Waals surface area (Å²) < 4.78 is 5.34. The van der Waals surface area contributed by atoms with Gasteiger partial charge in [-0.05, 0) is 37.6 Å².